The van der Waals surface area contributed by atoms with E-state index in [0.717, 1.165) is 42.1 Å². The normalized spacial score (nSPS) is 20.2. The Labute approximate surface area is 206 Å². The fraction of sp³-hybridized carbons (Fsp3) is 0.429. The fourth-order valence-corrected chi connectivity index (χ4v) is 5.56. The second-order valence-electron chi connectivity index (χ2n) is 9.79. The average Bonchev–Trinajstić information content (AvgIpc) is 3.52. The molecule has 0 spiro atoms. The zero-order valence-electron chi connectivity index (χ0n) is 20.7. The number of hydrogen-bond acceptors (Lipinski definition) is 4. The molecule has 2 aromatic carbocycles. The molecule has 2 amide bonds. The molecule has 7 heteroatoms. The number of benzene rings is 2. The molecule has 1 aromatic heterocycles. The lowest BCUT2D eigenvalue weighted by molar-refractivity contribution is -0.133. The lowest BCUT2D eigenvalue weighted by Gasteiger charge is -2.44. The Bertz CT molecular complexity index is 1260. The van der Waals surface area contributed by atoms with Gasteiger partial charge >= 0.3 is 0 Å². The van der Waals surface area contributed by atoms with Crippen molar-refractivity contribution in [2.24, 2.45) is 0 Å². The van der Waals surface area contributed by atoms with E-state index in [4.69, 9.17) is 9.47 Å². The van der Waals surface area contributed by atoms with E-state index < -0.39 is 5.54 Å². The monoisotopic (exact) mass is 475 g/mol. The van der Waals surface area contributed by atoms with Gasteiger partial charge in [-0.25, -0.2) is 0 Å². The Morgan fingerprint density at radius 1 is 1.09 bits per heavy atom. The molecule has 3 aromatic rings. The minimum atomic E-state index is -1.01. The van der Waals surface area contributed by atoms with Crippen molar-refractivity contribution in [3.63, 3.8) is 0 Å². The highest BCUT2D eigenvalue weighted by atomic mass is 16.5. The van der Waals surface area contributed by atoms with Crippen molar-refractivity contribution in [2.75, 3.05) is 20.8 Å². The van der Waals surface area contributed by atoms with Gasteiger partial charge in [-0.05, 0) is 49.9 Å². The van der Waals surface area contributed by atoms with Crippen LogP contribution in [0.2, 0.25) is 0 Å². The number of rotatable bonds is 7. The van der Waals surface area contributed by atoms with Gasteiger partial charge in [0.1, 0.15) is 22.7 Å². The Balaban J connectivity index is 1.49. The van der Waals surface area contributed by atoms with Crippen LogP contribution in [0, 0.1) is 0 Å². The van der Waals surface area contributed by atoms with Gasteiger partial charge in [0.25, 0.3) is 5.91 Å². The number of para-hydroxylation sites is 1. The van der Waals surface area contributed by atoms with E-state index in [1.807, 2.05) is 60.0 Å². The van der Waals surface area contributed by atoms with Gasteiger partial charge in [-0.2, -0.15) is 0 Å². The first-order valence-electron chi connectivity index (χ1n) is 12.4. The van der Waals surface area contributed by atoms with E-state index in [1.54, 1.807) is 19.1 Å². The number of aromatic nitrogens is 1. The Hall–Kier alpha value is -3.48. The number of ether oxygens (including phenoxy) is 2. The number of hydrogen-bond donors (Lipinski definition) is 1. The third kappa shape index (κ3) is 4.13. The quantitative estimate of drug-likeness (QED) is 0.557. The summed E-state index contributed by atoms with van der Waals surface area (Å²) in [4.78, 5) is 29.4. The predicted molar refractivity (Wildman–Crippen MR) is 135 cm³/mol. The zero-order chi connectivity index (χ0) is 24.6. The number of amides is 2. The molecule has 0 unspecified atom stereocenters. The summed E-state index contributed by atoms with van der Waals surface area (Å²) in [6, 6.07) is 15.8. The molecule has 1 atom stereocenters. The van der Waals surface area contributed by atoms with Crippen LogP contribution >= 0.6 is 0 Å². The van der Waals surface area contributed by atoms with Crippen molar-refractivity contribution in [3.8, 4) is 11.5 Å². The molecular weight excluding hydrogens is 442 g/mol. The van der Waals surface area contributed by atoms with Gasteiger partial charge in [0.2, 0.25) is 5.91 Å². The highest BCUT2D eigenvalue weighted by Crippen LogP contribution is 2.34. The third-order valence-corrected chi connectivity index (χ3v) is 7.62. The van der Waals surface area contributed by atoms with Crippen molar-refractivity contribution in [2.45, 2.75) is 57.2 Å². The van der Waals surface area contributed by atoms with Crippen LogP contribution in [0.5, 0.6) is 11.5 Å². The SMILES string of the molecule is COc1ccc(CCN2C(=O)c3cc4ccccc4n3C[C@]2(C)C(=O)NC2CCCC2)c(OC)c1. The van der Waals surface area contributed by atoms with Crippen molar-refractivity contribution in [3.05, 3.63) is 59.8 Å². The van der Waals surface area contributed by atoms with E-state index in [1.165, 1.54) is 0 Å². The second-order valence-corrected chi connectivity index (χ2v) is 9.79. The van der Waals surface area contributed by atoms with Crippen molar-refractivity contribution in [1.82, 2.24) is 14.8 Å². The van der Waals surface area contributed by atoms with Crippen LogP contribution < -0.4 is 14.8 Å². The molecule has 0 bridgehead atoms. The molecule has 5 rings (SSSR count). The summed E-state index contributed by atoms with van der Waals surface area (Å²) < 4.78 is 12.9. The largest absolute Gasteiger partial charge is 0.497 e. The summed E-state index contributed by atoms with van der Waals surface area (Å²) in [5.74, 6) is 1.22. The lowest BCUT2D eigenvalue weighted by atomic mass is 9.93. The first-order chi connectivity index (χ1) is 16.9. The first kappa shape index (κ1) is 23.3. The molecule has 2 aliphatic rings. The van der Waals surface area contributed by atoms with Crippen LogP contribution in [0.4, 0.5) is 0 Å². The standard InChI is InChI=1S/C28H33N3O4/c1-28(27(33)29-21-9-5-6-10-21)18-30-23-11-7-4-8-20(23)16-24(30)26(32)31(28)15-14-19-12-13-22(34-2)17-25(19)35-3/h4,7-8,11-13,16-17,21H,5-6,9-10,14-15,18H2,1-3H3,(H,29,33)/t28-/m1/s1. The summed E-state index contributed by atoms with van der Waals surface area (Å²) in [7, 11) is 3.25. The zero-order valence-corrected chi connectivity index (χ0v) is 20.7. The summed E-state index contributed by atoms with van der Waals surface area (Å²) in [5, 5.41) is 4.27. The van der Waals surface area contributed by atoms with E-state index >= 15 is 0 Å². The van der Waals surface area contributed by atoms with Crippen molar-refractivity contribution in [1.29, 1.82) is 0 Å². The smallest absolute Gasteiger partial charge is 0.271 e. The Morgan fingerprint density at radius 2 is 1.86 bits per heavy atom. The number of methoxy groups -OCH3 is 2. The molecule has 1 aliphatic heterocycles. The molecule has 1 saturated carbocycles. The van der Waals surface area contributed by atoms with E-state index in [9.17, 15) is 9.59 Å². The van der Waals surface area contributed by atoms with Crippen LogP contribution in [0.1, 0.15) is 48.7 Å². The number of carbonyl (C=O) groups is 2. The molecule has 7 nitrogen and oxygen atoms in total. The van der Waals surface area contributed by atoms with Crippen LogP contribution in [0.3, 0.4) is 0 Å². The van der Waals surface area contributed by atoms with Gasteiger partial charge in [0.05, 0.1) is 20.8 Å². The molecule has 1 fully saturated rings. The molecule has 35 heavy (non-hydrogen) atoms. The second kappa shape index (κ2) is 9.29. The number of fused-ring (bicyclic) bond motifs is 3. The van der Waals surface area contributed by atoms with Crippen LogP contribution in [-0.4, -0.2) is 53.6 Å². The van der Waals surface area contributed by atoms with Gasteiger partial charge in [-0.15, -0.1) is 0 Å². The van der Waals surface area contributed by atoms with Crippen LogP contribution in [-0.2, 0) is 17.8 Å². The van der Waals surface area contributed by atoms with E-state index in [0.29, 0.717) is 36.7 Å². The van der Waals surface area contributed by atoms with Gasteiger partial charge < -0.3 is 24.3 Å². The highest BCUT2D eigenvalue weighted by Gasteiger charge is 2.48. The summed E-state index contributed by atoms with van der Waals surface area (Å²) in [6.45, 7) is 2.72. The van der Waals surface area contributed by atoms with E-state index in [2.05, 4.69) is 5.32 Å². The Morgan fingerprint density at radius 3 is 2.60 bits per heavy atom. The minimum Gasteiger partial charge on any atom is -0.497 e. The molecule has 1 aliphatic carbocycles. The fourth-order valence-electron chi connectivity index (χ4n) is 5.56. The first-order valence-corrected chi connectivity index (χ1v) is 12.4. The number of nitrogens with zero attached hydrogens (tertiary/aromatic N) is 2. The van der Waals surface area contributed by atoms with Gasteiger partial charge in [-0.3, -0.25) is 9.59 Å². The summed E-state index contributed by atoms with van der Waals surface area (Å²) in [5.41, 5.74) is 1.56. The maximum atomic E-state index is 13.9. The van der Waals surface area contributed by atoms with Gasteiger partial charge in [0, 0.05) is 29.6 Å². The number of nitrogens with one attached hydrogen (secondary N) is 1. The number of carbonyl (C=O) groups excluding carboxylic acids is 2. The minimum absolute atomic E-state index is 0.0807. The third-order valence-electron chi connectivity index (χ3n) is 7.62. The highest BCUT2D eigenvalue weighted by molar-refractivity contribution is 6.03. The maximum absolute atomic E-state index is 13.9. The topological polar surface area (TPSA) is 72.8 Å². The van der Waals surface area contributed by atoms with Crippen molar-refractivity contribution >= 4 is 22.7 Å². The predicted octanol–water partition coefficient (Wildman–Crippen LogP) is 4.17. The van der Waals surface area contributed by atoms with Crippen LogP contribution in [0.25, 0.3) is 10.9 Å². The molecule has 1 N–H and O–H groups in total. The van der Waals surface area contributed by atoms with Gasteiger partial charge in [0.15, 0.2) is 0 Å². The summed E-state index contributed by atoms with van der Waals surface area (Å²) >= 11 is 0. The lowest BCUT2D eigenvalue weighted by Crippen LogP contribution is -2.65. The van der Waals surface area contributed by atoms with Crippen molar-refractivity contribution < 1.29 is 19.1 Å². The van der Waals surface area contributed by atoms with Crippen LogP contribution in [0.15, 0.2) is 48.5 Å². The molecule has 184 valence electrons. The Kier molecular flexibility index (Phi) is 6.17. The molecule has 0 saturated heterocycles. The maximum Gasteiger partial charge on any atom is 0.271 e. The average molecular weight is 476 g/mol. The van der Waals surface area contributed by atoms with E-state index in [-0.39, 0.29) is 17.9 Å². The molecule has 2 heterocycles. The summed E-state index contributed by atoms with van der Waals surface area (Å²) in [6.07, 6.45) is 4.82. The molecular formula is C28H33N3O4. The molecule has 0 radical (unpaired) electrons. The van der Waals surface area contributed by atoms with Gasteiger partial charge in [-0.1, -0.05) is 37.1 Å².